The number of nitrogens with zero attached hydrogens (tertiary/aromatic N) is 3. The molecule has 3 heterocycles. The van der Waals surface area contributed by atoms with Crippen molar-refractivity contribution in [3.05, 3.63) is 231 Å². The highest BCUT2D eigenvalue weighted by Gasteiger charge is 2.48. The molecule has 448 valence electrons. The van der Waals surface area contributed by atoms with E-state index in [9.17, 15) is 0 Å². The monoisotopic (exact) mass is 1170 g/mol. The zero-order valence-electron chi connectivity index (χ0n) is 55.9. The van der Waals surface area contributed by atoms with Crippen LogP contribution in [0.1, 0.15) is 171 Å². The van der Waals surface area contributed by atoms with Crippen LogP contribution in [-0.4, -0.2) is 6.71 Å². The zero-order valence-corrected chi connectivity index (χ0v) is 55.9. The maximum Gasteiger partial charge on any atom is 0.252 e. The number of hydrogen-bond acceptors (Lipinski definition) is 4. The van der Waals surface area contributed by atoms with Gasteiger partial charge in [-0.1, -0.05) is 199 Å². The van der Waals surface area contributed by atoms with Gasteiger partial charge in [-0.15, -0.1) is 0 Å². The first kappa shape index (κ1) is 58.4. The predicted octanol–water partition coefficient (Wildman–Crippen LogP) is 21.8. The molecule has 0 saturated heterocycles. The second-order valence-electron chi connectivity index (χ2n) is 31.0. The first-order chi connectivity index (χ1) is 42.2. The minimum Gasteiger partial charge on any atom is -0.460 e. The van der Waals surface area contributed by atoms with Gasteiger partial charge >= 0.3 is 0 Å². The molecule has 0 unspecified atom stereocenters. The molecular weight excluding hydrogens is 1080 g/mol. The molecule has 4 aliphatic rings. The Morgan fingerprint density at radius 3 is 1.62 bits per heavy atom. The van der Waals surface area contributed by atoms with Crippen molar-refractivity contribution >= 4 is 91.3 Å². The van der Waals surface area contributed by atoms with Crippen LogP contribution in [0, 0.1) is 27.7 Å². The molecule has 2 aliphatic carbocycles. The summed E-state index contributed by atoms with van der Waals surface area (Å²) in [4.78, 5) is 7.93. The fourth-order valence-corrected chi connectivity index (χ4v) is 15.5. The Kier molecular flexibility index (Phi) is 13.5. The van der Waals surface area contributed by atoms with E-state index in [1.165, 1.54) is 128 Å². The minimum absolute atomic E-state index is 0.00306. The summed E-state index contributed by atoms with van der Waals surface area (Å²) >= 11 is 0. The molecule has 0 N–H and O–H groups in total. The maximum atomic E-state index is 6.85. The standard InChI is InChI=1S/C84H88BN3O/c1-51-41-57(64-30-24-31-66-65-29-21-22-32-75(65)89-79(64)66)42-52(2)77(51)87-71-48-63(86(61-35-33-58(34-36-61)80(5,6)7)62-28-23-27-56(45-62)55-25-19-18-20-26-55)37-38-69(71)85-70-49-67-68(84(16,17)40-39-83(67,14)15)50-72(70)88(74-47-60(82(11,12)13)46-73(87)76(74)85)78-53(3)43-59(44-54(78)4)81(8,9)10/h18-21,23-31,33-38,41-50H,22,32,39-40H2,1-17H3. The number of aryl methyl sites for hydroxylation is 5. The fraction of sp³-hybridized carbons (Fsp3) is 0.310. The lowest BCUT2D eigenvalue weighted by molar-refractivity contribution is 0.332. The van der Waals surface area contributed by atoms with E-state index in [0.717, 1.165) is 59.7 Å². The van der Waals surface area contributed by atoms with E-state index < -0.39 is 0 Å². The number of fused-ring (bicyclic) bond motifs is 8. The molecule has 5 heteroatoms. The largest absolute Gasteiger partial charge is 0.460 e. The number of benzene rings is 9. The van der Waals surface area contributed by atoms with Crippen LogP contribution in [0.5, 0.6) is 0 Å². The van der Waals surface area contributed by atoms with Gasteiger partial charge in [0.1, 0.15) is 11.3 Å². The van der Waals surface area contributed by atoms with E-state index in [4.69, 9.17) is 4.42 Å². The molecule has 0 saturated carbocycles. The van der Waals surface area contributed by atoms with Crippen LogP contribution in [0.4, 0.5) is 51.2 Å². The van der Waals surface area contributed by atoms with Crippen LogP contribution in [0.2, 0.25) is 0 Å². The molecule has 0 amide bonds. The third kappa shape index (κ3) is 9.71. The van der Waals surface area contributed by atoms with Crippen molar-refractivity contribution in [2.45, 2.75) is 170 Å². The lowest BCUT2D eigenvalue weighted by Gasteiger charge is -2.48. The molecular formula is C84H88BN3O. The second-order valence-corrected chi connectivity index (χ2v) is 31.0. The van der Waals surface area contributed by atoms with E-state index in [-0.39, 0.29) is 33.8 Å². The van der Waals surface area contributed by atoms with E-state index >= 15 is 0 Å². The predicted molar refractivity (Wildman–Crippen MR) is 383 cm³/mol. The summed E-state index contributed by atoms with van der Waals surface area (Å²) in [5, 5.41) is 1.19. The molecule has 0 spiro atoms. The van der Waals surface area contributed by atoms with Gasteiger partial charge in [0, 0.05) is 62.7 Å². The lowest BCUT2D eigenvalue weighted by atomic mass is 9.33. The third-order valence-corrected chi connectivity index (χ3v) is 20.6. The van der Waals surface area contributed by atoms with Crippen LogP contribution in [0.15, 0.2) is 174 Å². The van der Waals surface area contributed by atoms with Gasteiger partial charge in [0.15, 0.2) is 0 Å². The molecule has 9 aromatic carbocycles. The molecule has 1 aromatic heterocycles. The Balaban J connectivity index is 1.09. The minimum atomic E-state index is -0.202. The highest BCUT2D eigenvalue weighted by Crippen LogP contribution is 2.54. The molecule has 0 radical (unpaired) electrons. The second kappa shape index (κ2) is 20.6. The number of hydrogen-bond donors (Lipinski definition) is 0. The van der Waals surface area contributed by atoms with Gasteiger partial charge in [0.25, 0.3) is 6.71 Å². The molecule has 89 heavy (non-hydrogen) atoms. The summed E-state index contributed by atoms with van der Waals surface area (Å²) < 4.78 is 6.85. The molecule has 0 bridgehead atoms. The Morgan fingerprint density at radius 1 is 0.461 bits per heavy atom. The van der Waals surface area contributed by atoms with Crippen molar-refractivity contribution in [1.82, 2.24) is 0 Å². The number of furan rings is 1. The maximum absolute atomic E-state index is 6.85. The Labute approximate surface area is 531 Å². The van der Waals surface area contributed by atoms with E-state index in [2.05, 4.69) is 308 Å². The third-order valence-electron chi connectivity index (χ3n) is 20.6. The molecule has 0 atom stereocenters. The van der Waals surface area contributed by atoms with Gasteiger partial charge in [-0.25, -0.2) is 0 Å². The van der Waals surface area contributed by atoms with Gasteiger partial charge in [0.05, 0.1) is 11.4 Å². The normalized spacial score (nSPS) is 15.6. The summed E-state index contributed by atoms with van der Waals surface area (Å²) in [6, 6.07) is 63.8. The average molecular weight is 1170 g/mol. The van der Waals surface area contributed by atoms with Crippen LogP contribution in [0.3, 0.4) is 0 Å². The topological polar surface area (TPSA) is 22.9 Å². The van der Waals surface area contributed by atoms with Crippen molar-refractivity contribution in [2.75, 3.05) is 14.7 Å². The van der Waals surface area contributed by atoms with Gasteiger partial charge < -0.3 is 19.1 Å². The van der Waals surface area contributed by atoms with E-state index in [1.54, 1.807) is 0 Å². The summed E-state index contributed by atoms with van der Waals surface area (Å²) in [5.74, 6) is 1.09. The van der Waals surface area contributed by atoms with E-state index in [1.807, 2.05) is 0 Å². The fourth-order valence-electron chi connectivity index (χ4n) is 15.5. The smallest absolute Gasteiger partial charge is 0.252 e. The van der Waals surface area contributed by atoms with Gasteiger partial charge in [-0.05, 0) is 224 Å². The molecule has 10 aromatic rings. The summed E-state index contributed by atoms with van der Waals surface area (Å²) in [7, 11) is 0. The SMILES string of the molecule is Cc1cc(-c2cccc3c4c(oc23)CCC=C4)cc(C)c1N1c2cc(N(c3ccc(C(C)(C)C)cc3)c3cccc(-c4ccccc4)c3)ccc2B2c3cc4c(cc3N(c3c(C)cc(C(C)(C)C)cc3C)c3cc(C(C)(C)C)cc1c32)C(C)(C)CCC4(C)C. The molecule has 4 nitrogen and oxygen atoms in total. The summed E-state index contributed by atoms with van der Waals surface area (Å²) in [6.45, 7) is 40.4. The lowest BCUT2D eigenvalue weighted by Crippen LogP contribution is -2.62. The Hall–Kier alpha value is -8.28. The first-order valence-corrected chi connectivity index (χ1v) is 32.8. The highest BCUT2D eigenvalue weighted by atomic mass is 16.3. The molecule has 2 aliphatic heterocycles. The van der Waals surface area contributed by atoms with Crippen LogP contribution >= 0.6 is 0 Å². The van der Waals surface area contributed by atoms with Crippen molar-refractivity contribution in [3.8, 4) is 22.3 Å². The number of rotatable bonds is 7. The van der Waals surface area contributed by atoms with Crippen molar-refractivity contribution in [2.24, 2.45) is 0 Å². The highest BCUT2D eigenvalue weighted by molar-refractivity contribution is 7.00. The number of para-hydroxylation sites is 1. The van der Waals surface area contributed by atoms with Crippen molar-refractivity contribution in [3.63, 3.8) is 0 Å². The van der Waals surface area contributed by atoms with Crippen LogP contribution < -0.4 is 31.1 Å². The Morgan fingerprint density at radius 2 is 1.00 bits per heavy atom. The Bertz CT molecular complexity index is 4500. The van der Waals surface area contributed by atoms with Gasteiger partial charge in [-0.3, -0.25) is 0 Å². The van der Waals surface area contributed by atoms with Crippen molar-refractivity contribution in [1.29, 1.82) is 0 Å². The van der Waals surface area contributed by atoms with E-state index in [0.29, 0.717) is 0 Å². The summed E-state index contributed by atoms with van der Waals surface area (Å²) in [5.41, 5.74) is 33.4. The van der Waals surface area contributed by atoms with Crippen molar-refractivity contribution < 1.29 is 4.42 Å². The van der Waals surface area contributed by atoms with Gasteiger partial charge in [0.2, 0.25) is 0 Å². The van der Waals surface area contributed by atoms with Gasteiger partial charge in [-0.2, -0.15) is 0 Å². The summed E-state index contributed by atoms with van der Waals surface area (Å²) in [6.07, 6.45) is 8.75. The number of anilines is 9. The number of allylic oxidation sites excluding steroid dienone is 1. The molecule has 0 fully saturated rings. The average Bonchev–Trinajstić information content (AvgIpc) is 1.14. The molecule has 14 rings (SSSR count). The van der Waals surface area contributed by atoms with Crippen LogP contribution in [-0.2, 0) is 33.5 Å². The first-order valence-electron chi connectivity index (χ1n) is 32.8. The quantitative estimate of drug-likeness (QED) is 0.148. The van der Waals surface area contributed by atoms with Crippen LogP contribution in [0.25, 0.3) is 39.3 Å². The zero-order chi connectivity index (χ0) is 62.6.